The standard InChI is InChI=1S/C23H24FN3O2S/c1-3-23(2)11-6-12-26(14-23)20(28)15-9-10-16-18(13-15)25-22(30)27(21(16)29)19-8-5-4-7-17(19)24/h4-5,7-10,13H,3,6,11-12,14H2,1-2H3,(H,25,30). The molecule has 2 aromatic carbocycles. The Bertz CT molecular complexity index is 1250. The summed E-state index contributed by atoms with van der Waals surface area (Å²) >= 11 is 5.33. The molecule has 0 aliphatic carbocycles. The van der Waals surface area contributed by atoms with E-state index in [1.807, 2.05) is 4.90 Å². The minimum Gasteiger partial charge on any atom is -0.338 e. The fourth-order valence-electron chi connectivity index (χ4n) is 4.16. The van der Waals surface area contributed by atoms with Crippen LogP contribution in [0.4, 0.5) is 4.39 Å². The predicted octanol–water partition coefficient (Wildman–Crippen LogP) is 4.84. The molecule has 0 radical (unpaired) electrons. The van der Waals surface area contributed by atoms with Crippen LogP contribution in [0, 0.1) is 16.0 Å². The van der Waals surface area contributed by atoms with E-state index >= 15 is 0 Å². The van der Waals surface area contributed by atoms with Crippen molar-refractivity contribution < 1.29 is 9.18 Å². The van der Waals surface area contributed by atoms with Crippen molar-refractivity contribution in [2.45, 2.75) is 33.1 Å². The van der Waals surface area contributed by atoms with E-state index < -0.39 is 11.4 Å². The minimum absolute atomic E-state index is 0.0473. The van der Waals surface area contributed by atoms with Crippen LogP contribution in [0.1, 0.15) is 43.5 Å². The largest absolute Gasteiger partial charge is 0.338 e. The SMILES string of the molecule is CCC1(C)CCCN(C(=O)c2ccc3c(=O)n(-c4ccccc4F)c(=S)[nH]c3c2)C1. The van der Waals surface area contributed by atoms with Crippen molar-refractivity contribution in [1.82, 2.24) is 14.5 Å². The molecule has 1 aliphatic heterocycles. The summed E-state index contributed by atoms with van der Waals surface area (Å²) in [4.78, 5) is 31.0. The number of benzene rings is 2. The molecule has 7 heteroatoms. The third kappa shape index (κ3) is 3.58. The van der Waals surface area contributed by atoms with Crippen LogP contribution in [0.2, 0.25) is 0 Å². The maximum atomic E-state index is 14.2. The van der Waals surface area contributed by atoms with Gasteiger partial charge in [-0.1, -0.05) is 26.0 Å². The van der Waals surface area contributed by atoms with E-state index in [1.54, 1.807) is 30.3 Å². The van der Waals surface area contributed by atoms with Gasteiger partial charge >= 0.3 is 0 Å². The van der Waals surface area contributed by atoms with E-state index in [1.165, 1.54) is 12.1 Å². The predicted molar refractivity (Wildman–Crippen MR) is 118 cm³/mol. The van der Waals surface area contributed by atoms with E-state index in [0.29, 0.717) is 16.5 Å². The Hall–Kier alpha value is -2.80. The van der Waals surface area contributed by atoms with E-state index in [2.05, 4.69) is 18.8 Å². The number of amides is 1. The highest BCUT2D eigenvalue weighted by atomic mass is 32.1. The maximum absolute atomic E-state index is 14.2. The maximum Gasteiger partial charge on any atom is 0.266 e. The fraction of sp³-hybridized carbons (Fsp3) is 0.348. The molecule has 1 saturated heterocycles. The molecule has 1 unspecified atom stereocenters. The van der Waals surface area contributed by atoms with Crippen LogP contribution >= 0.6 is 12.2 Å². The van der Waals surface area contributed by atoms with E-state index in [0.717, 1.165) is 36.9 Å². The Morgan fingerprint density at radius 3 is 2.77 bits per heavy atom. The van der Waals surface area contributed by atoms with Gasteiger partial charge in [0.25, 0.3) is 11.5 Å². The summed E-state index contributed by atoms with van der Waals surface area (Å²) in [5.74, 6) is -0.580. The van der Waals surface area contributed by atoms with Crippen LogP contribution in [-0.2, 0) is 0 Å². The number of likely N-dealkylation sites (tertiary alicyclic amines) is 1. The van der Waals surface area contributed by atoms with Crippen molar-refractivity contribution in [2.24, 2.45) is 5.41 Å². The third-order valence-corrected chi connectivity index (χ3v) is 6.44. The molecular formula is C23H24FN3O2S. The number of para-hydroxylation sites is 1. The Morgan fingerprint density at radius 1 is 1.27 bits per heavy atom. The summed E-state index contributed by atoms with van der Waals surface area (Å²) in [7, 11) is 0. The van der Waals surface area contributed by atoms with E-state index in [9.17, 15) is 14.0 Å². The van der Waals surface area contributed by atoms with Gasteiger partial charge in [-0.2, -0.15) is 0 Å². The Balaban J connectivity index is 1.75. The van der Waals surface area contributed by atoms with E-state index in [-0.39, 0.29) is 21.8 Å². The molecule has 1 fully saturated rings. The van der Waals surface area contributed by atoms with Crippen molar-refractivity contribution >= 4 is 29.0 Å². The Morgan fingerprint density at radius 2 is 2.03 bits per heavy atom. The molecule has 2 heterocycles. The number of aromatic nitrogens is 2. The number of hydrogen-bond acceptors (Lipinski definition) is 3. The average molecular weight is 426 g/mol. The number of fused-ring (bicyclic) bond motifs is 1. The molecule has 0 bridgehead atoms. The average Bonchev–Trinajstić information content (AvgIpc) is 2.74. The topological polar surface area (TPSA) is 58.1 Å². The fourth-order valence-corrected chi connectivity index (χ4v) is 4.45. The molecule has 1 aliphatic rings. The highest BCUT2D eigenvalue weighted by Gasteiger charge is 2.32. The first-order chi connectivity index (χ1) is 14.3. The van der Waals surface area contributed by atoms with Gasteiger partial charge in [0, 0.05) is 18.7 Å². The van der Waals surface area contributed by atoms with Gasteiger partial charge in [-0.25, -0.2) is 8.96 Å². The number of aromatic amines is 1. The number of rotatable bonds is 3. The molecule has 1 N–H and O–H groups in total. The van der Waals surface area contributed by atoms with Crippen LogP contribution < -0.4 is 5.56 Å². The van der Waals surface area contributed by atoms with Crippen molar-refractivity contribution in [3.05, 3.63) is 69.0 Å². The summed E-state index contributed by atoms with van der Waals surface area (Å²) in [6.45, 7) is 5.84. The van der Waals surface area contributed by atoms with Crippen LogP contribution in [0.15, 0.2) is 47.3 Å². The first kappa shape index (κ1) is 20.5. The molecular weight excluding hydrogens is 401 g/mol. The van der Waals surface area contributed by atoms with Gasteiger partial charge in [0.15, 0.2) is 4.77 Å². The minimum atomic E-state index is -0.533. The number of nitrogens with one attached hydrogen (secondary N) is 1. The lowest BCUT2D eigenvalue weighted by molar-refractivity contribution is 0.0543. The van der Waals surface area contributed by atoms with Crippen LogP contribution in [-0.4, -0.2) is 33.4 Å². The third-order valence-electron chi connectivity index (χ3n) is 6.16. The van der Waals surface area contributed by atoms with Crippen LogP contribution in [0.25, 0.3) is 16.6 Å². The number of carbonyl (C=O) groups is 1. The Kier molecular flexibility index (Phi) is 5.32. The summed E-state index contributed by atoms with van der Waals surface area (Å²) in [6.07, 6.45) is 3.13. The first-order valence-electron chi connectivity index (χ1n) is 10.2. The number of halogens is 1. The van der Waals surface area contributed by atoms with Gasteiger partial charge in [0.2, 0.25) is 0 Å². The molecule has 1 atom stereocenters. The number of carbonyl (C=O) groups excluding carboxylic acids is 1. The van der Waals surface area contributed by atoms with Gasteiger partial charge in [-0.15, -0.1) is 0 Å². The normalized spacial score (nSPS) is 19.2. The lowest BCUT2D eigenvalue weighted by atomic mass is 9.79. The molecule has 0 spiro atoms. The van der Waals surface area contributed by atoms with Gasteiger partial charge < -0.3 is 9.88 Å². The van der Waals surface area contributed by atoms with Crippen molar-refractivity contribution in [1.29, 1.82) is 0 Å². The van der Waals surface area contributed by atoms with Gasteiger partial charge in [-0.05, 0) is 67.2 Å². The molecule has 3 aromatic rings. The highest BCUT2D eigenvalue weighted by Crippen LogP contribution is 2.33. The smallest absolute Gasteiger partial charge is 0.266 e. The summed E-state index contributed by atoms with van der Waals surface area (Å²) in [6, 6.07) is 10.9. The second kappa shape index (κ2) is 7.80. The Labute approximate surface area is 179 Å². The molecule has 4 rings (SSSR count). The van der Waals surface area contributed by atoms with Crippen LogP contribution in [0.5, 0.6) is 0 Å². The molecule has 1 amide bonds. The molecule has 5 nitrogen and oxygen atoms in total. The molecule has 156 valence electrons. The first-order valence-corrected chi connectivity index (χ1v) is 10.6. The lowest BCUT2D eigenvalue weighted by Gasteiger charge is -2.40. The van der Waals surface area contributed by atoms with Gasteiger partial charge in [0.1, 0.15) is 5.82 Å². The summed E-state index contributed by atoms with van der Waals surface area (Å²) < 4.78 is 15.5. The summed E-state index contributed by atoms with van der Waals surface area (Å²) in [5, 5.41) is 0.348. The second-order valence-electron chi connectivity index (χ2n) is 8.28. The zero-order valence-electron chi connectivity index (χ0n) is 17.1. The van der Waals surface area contributed by atoms with Gasteiger partial charge in [-0.3, -0.25) is 9.59 Å². The lowest BCUT2D eigenvalue weighted by Crippen LogP contribution is -2.44. The molecule has 1 aromatic heterocycles. The van der Waals surface area contributed by atoms with E-state index in [4.69, 9.17) is 12.2 Å². The van der Waals surface area contributed by atoms with Crippen LogP contribution in [0.3, 0.4) is 0 Å². The molecule has 0 saturated carbocycles. The summed E-state index contributed by atoms with van der Waals surface area (Å²) in [5.41, 5.74) is 0.792. The number of piperidine rings is 1. The van der Waals surface area contributed by atoms with Crippen molar-refractivity contribution in [3.63, 3.8) is 0 Å². The number of nitrogens with zero attached hydrogens (tertiary/aromatic N) is 2. The number of H-pyrrole nitrogens is 1. The zero-order valence-corrected chi connectivity index (χ0v) is 17.9. The zero-order chi connectivity index (χ0) is 21.5. The monoisotopic (exact) mass is 425 g/mol. The highest BCUT2D eigenvalue weighted by molar-refractivity contribution is 7.71. The quantitative estimate of drug-likeness (QED) is 0.611. The van der Waals surface area contributed by atoms with Crippen molar-refractivity contribution in [3.8, 4) is 5.69 Å². The second-order valence-corrected chi connectivity index (χ2v) is 8.66. The number of hydrogen-bond donors (Lipinski definition) is 1. The van der Waals surface area contributed by atoms with Crippen molar-refractivity contribution in [2.75, 3.05) is 13.1 Å². The molecule has 30 heavy (non-hydrogen) atoms. The van der Waals surface area contributed by atoms with Gasteiger partial charge in [0.05, 0.1) is 16.6 Å².